The van der Waals surface area contributed by atoms with E-state index in [0.29, 0.717) is 11.5 Å². The van der Waals surface area contributed by atoms with Crippen molar-refractivity contribution in [2.24, 2.45) is 0 Å². The summed E-state index contributed by atoms with van der Waals surface area (Å²) < 4.78 is 38.4. The van der Waals surface area contributed by atoms with Gasteiger partial charge in [-0.3, -0.25) is 0 Å². The van der Waals surface area contributed by atoms with E-state index >= 15 is 0 Å². The van der Waals surface area contributed by atoms with Gasteiger partial charge in [0.25, 0.3) is 0 Å². The van der Waals surface area contributed by atoms with E-state index in [9.17, 15) is 8.78 Å². The number of hydrogen-bond donors (Lipinski definition) is 0. The summed E-state index contributed by atoms with van der Waals surface area (Å²) in [6.07, 6.45) is -0.429. The Kier molecular flexibility index (Phi) is 3.61. The predicted molar refractivity (Wildman–Crippen MR) is 74.4 cm³/mol. The molecule has 2 aromatic rings. The number of hydrogen-bond acceptors (Lipinski definition) is 2. The van der Waals surface area contributed by atoms with Gasteiger partial charge in [0.1, 0.15) is 24.3 Å². The van der Waals surface area contributed by atoms with Crippen LogP contribution in [0.5, 0.6) is 11.5 Å². The summed E-state index contributed by atoms with van der Waals surface area (Å²) in [5.41, 5.74) is 0.220. The highest BCUT2D eigenvalue weighted by atomic mass is 79.9. The standard InChI is InChI=1S/C15H11BrF2O2/c16-15(10-7-9(17)5-6-11(10)18)14-8-19-12-3-1-2-4-13(12)20-14/h1-7,14-15H,8H2. The van der Waals surface area contributed by atoms with Gasteiger partial charge >= 0.3 is 0 Å². The number of fused-ring (bicyclic) bond motifs is 1. The molecule has 3 rings (SSSR count). The zero-order valence-corrected chi connectivity index (χ0v) is 11.9. The van der Waals surface area contributed by atoms with Crippen LogP contribution in [0.4, 0.5) is 8.78 Å². The Morgan fingerprint density at radius 3 is 2.65 bits per heavy atom. The molecule has 0 radical (unpaired) electrons. The minimum atomic E-state index is -0.494. The lowest BCUT2D eigenvalue weighted by atomic mass is 10.1. The SMILES string of the molecule is Fc1ccc(F)c(C(Br)C2COc3ccccc3O2)c1. The normalized spacial score (nSPS) is 18.6. The first kappa shape index (κ1) is 13.4. The summed E-state index contributed by atoms with van der Waals surface area (Å²) in [6, 6.07) is 10.6. The van der Waals surface area contributed by atoms with Crippen LogP contribution in [0.25, 0.3) is 0 Å². The predicted octanol–water partition coefficient (Wildman–Crippen LogP) is 4.24. The molecule has 2 nitrogen and oxygen atoms in total. The summed E-state index contributed by atoms with van der Waals surface area (Å²) >= 11 is 3.37. The first-order valence-electron chi connectivity index (χ1n) is 6.12. The van der Waals surface area contributed by atoms with E-state index in [1.807, 2.05) is 12.1 Å². The van der Waals surface area contributed by atoms with Gasteiger partial charge in [-0.25, -0.2) is 8.78 Å². The maximum atomic E-state index is 13.8. The van der Waals surface area contributed by atoms with Crippen LogP contribution < -0.4 is 9.47 Å². The second kappa shape index (κ2) is 5.40. The monoisotopic (exact) mass is 340 g/mol. The van der Waals surface area contributed by atoms with Crippen LogP contribution in [0.15, 0.2) is 42.5 Å². The molecule has 0 aliphatic carbocycles. The number of alkyl halides is 1. The van der Waals surface area contributed by atoms with Crippen molar-refractivity contribution in [2.75, 3.05) is 6.61 Å². The van der Waals surface area contributed by atoms with E-state index in [4.69, 9.17) is 9.47 Å². The van der Waals surface area contributed by atoms with Crippen molar-refractivity contribution in [3.63, 3.8) is 0 Å². The molecule has 0 spiro atoms. The maximum Gasteiger partial charge on any atom is 0.161 e. The summed E-state index contributed by atoms with van der Waals surface area (Å²) in [6.45, 7) is 0.267. The second-order valence-corrected chi connectivity index (χ2v) is 5.47. The Hall–Kier alpha value is -1.62. The van der Waals surface area contributed by atoms with Gasteiger partial charge in [-0.05, 0) is 30.3 Å². The van der Waals surface area contributed by atoms with Gasteiger partial charge < -0.3 is 9.47 Å². The minimum absolute atomic E-state index is 0.220. The Morgan fingerprint density at radius 1 is 1.10 bits per heavy atom. The van der Waals surface area contributed by atoms with Gasteiger partial charge in [-0.1, -0.05) is 28.1 Å². The first-order valence-corrected chi connectivity index (χ1v) is 7.04. The summed E-state index contributed by atoms with van der Waals surface area (Å²) in [5, 5.41) is 0. The van der Waals surface area contributed by atoms with Crippen LogP contribution in [-0.2, 0) is 0 Å². The Balaban J connectivity index is 1.85. The fourth-order valence-corrected chi connectivity index (χ4v) is 2.72. The molecule has 104 valence electrons. The lowest BCUT2D eigenvalue weighted by molar-refractivity contribution is 0.0898. The quantitative estimate of drug-likeness (QED) is 0.761. The molecule has 0 fully saturated rings. The molecule has 0 saturated carbocycles. The van der Waals surface area contributed by atoms with Crippen LogP contribution in [0, 0.1) is 11.6 Å². The van der Waals surface area contributed by atoms with Crippen molar-refractivity contribution in [3.8, 4) is 11.5 Å². The molecule has 20 heavy (non-hydrogen) atoms. The van der Waals surface area contributed by atoms with Crippen molar-refractivity contribution in [2.45, 2.75) is 10.9 Å². The fraction of sp³-hybridized carbons (Fsp3) is 0.200. The van der Waals surface area contributed by atoms with Gasteiger partial charge in [0.05, 0.1) is 4.83 Å². The molecule has 1 aliphatic rings. The van der Waals surface area contributed by atoms with Crippen LogP contribution in [0.3, 0.4) is 0 Å². The molecule has 0 aromatic heterocycles. The first-order chi connectivity index (χ1) is 9.65. The average molecular weight is 341 g/mol. The van der Waals surface area contributed by atoms with Crippen molar-refractivity contribution in [1.29, 1.82) is 0 Å². The van der Waals surface area contributed by atoms with E-state index in [1.165, 1.54) is 6.07 Å². The van der Waals surface area contributed by atoms with Gasteiger partial charge in [0.2, 0.25) is 0 Å². The van der Waals surface area contributed by atoms with Gasteiger partial charge in [0.15, 0.2) is 11.5 Å². The Labute approximate surface area is 123 Å². The molecular weight excluding hydrogens is 330 g/mol. The molecule has 0 N–H and O–H groups in total. The highest BCUT2D eigenvalue weighted by Crippen LogP contribution is 2.38. The van der Waals surface area contributed by atoms with E-state index in [1.54, 1.807) is 12.1 Å². The van der Waals surface area contributed by atoms with Gasteiger partial charge in [-0.15, -0.1) is 0 Å². The third-order valence-electron chi connectivity index (χ3n) is 3.11. The topological polar surface area (TPSA) is 18.5 Å². The summed E-state index contributed by atoms with van der Waals surface area (Å²) in [5.74, 6) is 0.298. The number of para-hydroxylation sites is 2. The van der Waals surface area contributed by atoms with E-state index in [2.05, 4.69) is 15.9 Å². The van der Waals surface area contributed by atoms with Gasteiger partial charge in [-0.2, -0.15) is 0 Å². The molecule has 2 unspecified atom stereocenters. The summed E-state index contributed by atoms with van der Waals surface area (Å²) in [7, 11) is 0. The third kappa shape index (κ3) is 2.50. The lowest BCUT2D eigenvalue weighted by Gasteiger charge is -2.29. The number of benzene rings is 2. The maximum absolute atomic E-state index is 13.8. The Bertz CT molecular complexity index is 633. The van der Waals surface area contributed by atoms with Crippen LogP contribution in [-0.4, -0.2) is 12.7 Å². The van der Waals surface area contributed by atoms with Crippen LogP contribution >= 0.6 is 15.9 Å². The molecule has 0 saturated heterocycles. The molecule has 0 bridgehead atoms. The molecule has 0 amide bonds. The molecule has 1 heterocycles. The molecular formula is C15H11BrF2O2. The average Bonchev–Trinajstić information content (AvgIpc) is 2.48. The summed E-state index contributed by atoms with van der Waals surface area (Å²) in [4.78, 5) is -0.494. The largest absolute Gasteiger partial charge is 0.486 e. The Morgan fingerprint density at radius 2 is 1.85 bits per heavy atom. The lowest BCUT2D eigenvalue weighted by Crippen LogP contribution is -2.33. The highest BCUT2D eigenvalue weighted by Gasteiger charge is 2.30. The second-order valence-electron chi connectivity index (χ2n) is 4.48. The van der Waals surface area contributed by atoms with E-state index < -0.39 is 22.6 Å². The fourth-order valence-electron chi connectivity index (χ4n) is 2.11. The highest BCUT2D eigenvalue weighted by molar-refractivity contribution is 9.09. The smallest absolute Gasteiger partial charge is 0.161 e. The number of halogens is 3. The van der Waals surface area contributed by atoms with Crippen molar-refractivity contribution < 1.29 is 18.3 Å². The molecule has 5 heteroatoms. The van der Waals surface area contributed by atoms with Crippen LogP contribution in [0.1, 0.15) is 10.4 Å². The van der Waals surface area contributed by atoms with Crippen LogP contribution in [0.2, 0.25) is 0 Å². The zero-order chi connectivity index (χ0) is 14.1. The minimum Gasteiger partial charge on any atom is -0.486 e. The van der Waals surface area contributed by atoms with Gasteiger partial charge in [0, 0.05) is 5.56 Å². The van der Waals surface area contributed by atoms with Crippen molar-refractivity contribution in [3.05, 3.63) is 59.7 Å². The molecule has 2 aromatic carbocycles. The van der Waals surface area contributed by atoms with Crippen molar-refractivity contribution in [1.82, 2.24) is 0 Å². The number of rotatable bonds is 2. The number of ether oxygens (including phenoxy) is 2. The molecule has 2 atom stereocenters. The van der Waals surface area contributed by atoms with E-state index in [-0.39, 0.29) is 12.2 Å². The van der Waals surface area contributed by atoms with E-state index in [0.717, 1.165) is 12.1 Å². The zero-order valence-electron chi connectivity index (χ0n) is 10.4. The third-order valence-corrected chi connectivity index (χ3v) is 4.20. The molecule has 1 aliphatic heterocycles. The van der Waals surface area contributed by atoms with Crippen molar-refractivity contribution >= 4 is 15.9 Å².